The average molecular weight is 316 g/mol. The Labute approximate surface area is 113 Å². The van der Waals surface area contributed by atoms with E-state index in [0.29, 0.717) is 12.5 Å². The number of ether oxygens (including phenoxy) is 1. The number of alkyl halides is 1. The SMILES string of the molecule is Cn1ccc(COc2c(Br)cccc2CCl)n1. The third-order valence-corrected chi connectivity index (χ3v) is 3.24. The van der Waals surface area contributed by atoms with Gasteiger partial charge in [0.1, 0.15) is 12.4 Å². The molecule has 3 nitrogen and oxygen atoms in total. The maximum absolute atomic E-state index is 5.87. The third kappa shape index (κ3) is 3.01. The number of aryl methyl sites for hydroxylation is 1. The van der Waals surface area contributed by atoms with Crippen molar-refractivity contribution in [2.45, 2.75) is 12.5 Å². The van der Waals surface area contributed by atoms with Gasteiger partial charge in [-0.2, -0.15) is 5.10 Å². The number of nitrogens with zero attached hydrogens (tertiary/aromatic N) is 2. The van der Waals surface area contributed by atoms with Crippen molar-refractivity contribution in [3.8, 4) is 5.75 Å². The van der Waals surface area contributed by atoms with Crippen molar-refractivity contribution in [3.05, 3.63) is 46.2 Å². The molecule has 2 aromatic rings. The molecule has 0 bridgehead atoms. The van der Waals surface area contributed by atoms with E-state index in [2.05, 4.69) is 21.0 Å². The predicted octanol–water partition coefficient (Wildman–Crippen LogP) is 3.50. The Morgan fingerprint density at radius 2 is 2.24 bits per heavy atom. The lowest BCUT2D eigenvalue weighted by Crippen LogP contribution is -2.00. The monoisotopic (exact) mass is 314 g/mol. The minimum atomic E-state index is 0.428. The standard InChI is InChI=1S/C12H12BrClN2O/c1-16-6-5-10(15-16)8-17-12-9(7-14)3-2-4-11(12)13/h2-6H,7-8H2,1H3. The van der Waals surface area contributed by atoms with E-state index in [9.17, 15) is 0 Å². The first-order valence-corrected chi connectivity index (χ1v) is 6.48. The second-order valence-electron chi connectivity index (χ2n) is 3.63. The van der Waals surface area contributed by atoms with Crippen molar-refractivity contribution in [1.82, 2.24) is 9.78 Å². The summed E-state index contributed by atoms with van der Waals surface area (Å²) in [5, 5.41) is 4.25. The number of hydrogen-bond acceptors (Lipinski definition) is 2. The second-order valence-corrected chi connectivity index (χ2v) is 4.75. The van der Waals surface area contributed by atoms with Crippen LogP contribution in [0.1, 0.15) is 11.3 Å². The Morgan fingerprint density at radius 3 is 2.88 bits per heavy atom. The van der Waals surface area contributed by atoms with Crippen LogP contribution in [0.15, 0.2) is 34.9 Å². The summed E-state index contributed by atoms with van der Waals surface area (Å²) in [7, 11) is 1.88. The Kier molecular flexibility index (Phi) is 4.07. The van der Waals surface area contributed by atoms with Gasteiger partial charge in [-0.3, -0.25) is 4.68 Å². The van der Waals surface area contributed by atoms with Crippen LogP contribution in [-0.2, 0) is 19.5 Å². The summed E-state index contributed by atoms with van der Waals surface area (Å²) in [6.07, 6.45) is 1.89. The fourth-order valence-corrected chi connectivity index (χ4v) is 2.24. The summed E-state index contributed by atoms with van der Waals surface area (Å²) >= 11 is 9.33. The minimum absolute atomic E-state index is 0.428. The zero-order valence-electron chi connectivity index (χ0n) is 9.36. The van der Waals surface area contributed by atoms with Gasteiger partial charge in [0.25, 0.3) is 0 Å². The highest BCUT2D eigenvalue weighted by Gasteiger charge is 2.08. The molecule has 0 radical (unpaired) electrons. The van der Waals surface area contributed by atoms with E-state index in [-0.39, 0.29) is 0 Å². The van der Waals surface area contributed by atoms with Crippen molar-refractivity contribution in [1.29, 1.82) is 0 Å². The molecule has 0 N–H and O–H groups in total. The van der Waals surface area contributed by atoms with E-state index in [1.54, 1.807) is 4.68 Å². The van der Waals surface area contributed by atoms with Gasteiger partial charge >= 0.3 is 0 Å². The lowest BCUT2D eigenvalue weighted by atomic mass is 10.2. The maximum atomic E-state index is 5.87. The van der Waals surface area contributed by atoms with Crippen LogP contribution in [0.25, 0.3) is 0 Å². The van der Waals surface area contributed by atoms with E-state index in [4.69, 9.17) is 16.3 Å². The van der Waals surface area contributed by atoms with E-state index in [0.717, 1.165) is 21.5 Å². The Bertz CT molecular complexity index is 513. The van der Waals surface area contributed by atoms with Crippen LogP contribution >= 0.6 is 27.5 Å². The van der Waals surface area contributed by atoms with Crippen LogP contribution in [0.3, 0.4) is 0 Å². The van der Waals surface area contributed by atoms with Gasteiger partial charge in [0.05, 0.1) is 16.0 Å². The predicted molar refractivity (Wildman–Crippen MR) is 71.2 cm³/mol. The Balaban J connectivity index is 2.13. The molecule has 1 aromatic carbocycles. The van der Waals surface area contributed by atoms with Gasteiger partial charge in [-0.25, -0.2) is 0 Å². The molecule has 0 aliphatic heterocycles. The maximum Gasteiger partial charge on any atom is 0.138 e. The van der Waals surface area contributed by atoms with Gasteiger partial charge in [0.15, 0.2) is 0 Å². The molecule has 0 unspecified atom stereocenters. The quantitative estimate of drug-likeness (QED) is 0.808. The lowest BCUT2D eigenvalue weighted by Gasteiger charge is -2.10. The van der Waals surface area contributed by atoms with E-state index >= 15 is 0 Å². The van der Waals surface area contributed by atoms with Gasteiger partial charge in [0.2, 0.25) is 0 Å². The zero-order chi connectivity index (χ0) is 12.3. The smallest absolute Gasteiger partial charge is 0.138 e. The summed E-state index contributed by atoms with van der Waals surface area (Å²) in [6, 6.07) is 7.75. The molecule has 2 rings (SSSR count). The van der Waals surface area contributed by atoms with Gasteiger partial charge < -0.3 is 4.74 Å². The van der Waals surface area contributed by atoms with Crippen LogP contribution < -0.4 is 4.74 Å². The molecule has 17 heavy (non-hydrogen) atoms. The highest BCUT2D eigenvalue weighted by atomic mass is 79.9. The molecule has 90 valence electrons. The molecule has 0 fully saturated rings. The van der Waals surface area contributed by atoms with E-state index in [1.165, 1.54) is 0 Å². The Hall–Kier alpha value is -1.00. The first-order chi connectivity index (χ1) is 8.20. The summed E-state index contributed by atoms with van der Waals surface area (Å²) in [5.74, 6) is 1.21. The van der Waals surface area contributed by atoms with Crippen molar-refractivity contribution >= 4 is 27.5 Å². The van der Waals surface area contributed by atoms with Crippen molar-refractivity contribution in [3.63, 3.8) is 0 Å². The van der Waals surface area contributed by atoms with Crippen LogP contribution in [0.4, 0.5) is 0 Å². The minimum Gasteiger partial charge on any atom is -0.486 e. The molecule has 1 aromatic heterocycles. The first-order valence-electron chi connectivity index (χ1n) is 5.15. The number of rotatable bonds is 4. The zero-order valence-corrected chi connectivity index (χ0v) is 11.7. The summed E-state index contributed by atoms with van der Waals surface area (Å²) in [6.45, 7) is 0.438. The van der Waals surface area contributed by atoms with Crippen molar-refractivity contribution in [2.75, 3.05) is 0 Å². The van der Waals surface area contributed by atoms with Gasteiger partial charge in [0, 0.05) is 18.8 Å². The van der Waals surface area contributed by atoms with Gasteiger partial charge in [-0.1, -0.05) is 12.1 Å². The van der Waals surface area contributed by atoms with Crippen molar-refractivity contribution < 1.29 is 4.74 Å². The Morgan fingerprint density at radius 1 is 1.41 bits per heavy atom. The molecule has 0 aliphatic rings. The summed E-state index contributed by atoms with van der Waals surface area (Å²) in [5.41, 5.74) is 1.86. The van der Waals surface area contributed by atoms with Crippen LogP contribution in [-0.4, -0.2) is 9.78 Å². The largest absolute Gasteiger partial charge is 0.486 e. The highest BCUT2D eigenvalue weighted by molar-refractivity contribution is 9.10. The molecule has 5 heteroatoms. The molecule has 0 aliphatic carbocycles. The molecule has 1 heterocycles. The van der Waals surface area contributed by atoms with Crippen LogP contribution in [0.2, 0.25) is 0 Å². The fourth-order valence-electron chi connectivity index (χ4n) is 1.51. The summed E-state index contributed by atoms with van der Waals surface area (Å²) in [4.78, 5) is 0. The third-order valence-electron chi connectivity index (χ3n) is 2.33. The number of hydrogen-bond donors (Lipinski definition) is 0. The number of halogens is 2. The van der Waals surface area contributed by atoms with Gasteiger partial charge in [-0.05, 0) is 28.1 Å². The molecule has 0 spiro atoms. The lowest BCUT2D eigenvalue weighted by molar-refractivity contribution is 0.296. The molecular weight excluding hydrogens is 304 g/mol. The summed E-state index contributed by atoms with van der Waals surface area (Å²) < 4.78 is 8.41. The molecule has 0 saturated carbocycles. The number of aromatic nitrogens is 2. The number of para-hydroxylation sites is 1. The topological polar surface area (TPSA) is 27.1 Å². The van der Waals surface area contributed by atoms with E-state index < -0.39 is 0 Å². The highest BCUT2D eigenvalue weighted by Crippen LogP contribution is 2.30. The van der Waals surface area contributed by atoms with Crippen LogP contribution in [0, 0.1) is 0 Å². The normalized spacial score (nSPS) is 10.5. The van der Waals surface area contributed by atoms with Crippen molar-refractivity contribution in [2.24, 2.45) is 7.05 Å². The second kappa shape index (κ2) is 5.56. The molecule has 0 saturated heterocycles. The molecule has 0 atom stereocenters. The molecule has 0 amide bonds. The van der Waals surface area contributed by atoms with E-state index in [1.807, 2.05) is 37.5 Å². The number of benzene rings is 1. The molecular formula is C12H12BrClN2O. The average Bonchev–Trinajstić information content (AvgIpc) is 2.73. The van der Waals surface area contributed by atoms with Gasteiger partial charge in [-0.15, -0.1) is 11.6 Å². The first kappa shape index (κ1) is 12.5. The van der Waals surface area contributed by atoms with Crippen LogP contribution in [0.5, 0.6) is 5.75 Å². The fraction of sp³-hybridized carbons (Fsp3) is 0.250.